The van der Waals surface area contributed by atoms with Crippen molar-refractivity contribution in [2.45, 2.75) is 32.4 Å². The first-order valence-corrected chi connectivity index (χ1v) is 7.68. The number of carbonyl (C=O) groups excluding carboxylic acids is 1. The van der Waals surface area contributed by atoms with Gasteiger partial charge in [-0.1, -0.05) is 6.07 Å². The molecule has 118 valence electrons. The molecule has 0 aromatic carbocycles. The highest BCUT2D eigenvalue weighted by Gasteiger charge is 2.28. The number of aliphatic hydroxyl groups is 1. The molecule has 0 bridgehead atoms. The number of nitrogens with zero attached hydrogens (tertiary/aromatic N) is 3. The number of aliphatic hydroxyl groups excluding tert-OH is 1. The maximum absolute atomic E-state index is 11.0. The topological polar surface area (TPSA) is 83.9 Å². The van der Waals surface area contributed by atoms with E-state index in [1.807, 2.05) is 12.1 Å². The number of primary amides is 1. The first-order valence-electron chi connectivity index (χ1n) is 7.68. The average molecular weight is 302 g/mol. The van der Waals surface area contributed by atoms with Gasteiger partial charge in [-0.3, -0.25) is 9.69 Å². The minimum atomic E-state index is -1.01. The van der Waals surface area contributed by atoms with E-state index in [2.05, 4.69) is 33.5 Å². The number of carbonyl (C=O) groups is 1. The van der Waals surface area contributed by atoms with Crippen LogP contribution in [-0.4, -0.2) is 44.5 Å². The number of hydrogen-bond acceptors (Lipinski definition) is 4. The van der Waals surface area contributed by atoms with E-state index >= 15 is 0 Å². The highest BCUT2D eigenvalue weighted by Crippen LogP contribution is 2.22. The van der Waals surface area contributed by atoms with Crippen molar-refractivity contribution in [3.8, 4) is 0 Å². The zero-order valence-electron chi connectivity index (χ0n) is 12.8. The molecule has 2 aromatic rings. The monoisotopic (exact) mass is 302 g/mol. The molecule has 0 saturated carbocycles. The Bertz CT molecular complexity index is 674. The number of rotatable bonds is 4. The lowest BCUT2D eigenvalue weighted by Crippen LogP contribution is -2.42. The van der Waals surface area contributed by atoms with Crippen molar-refractivity contribution in [1.82, 2.24) is 14.3 Å². The maximum atomic E-state index is 11.0. The van der Waals surface area contributed by atoms with E-state index < -0.39 is 12.0 Å². The molecule has 0 spiro atoms. The van der Waals surface area contributed by atoms with Gasteiger partial charge < -0.3 is 15.2 Å². The van der Waals surface area contributed by atoms with E-state index in [0.29, 0.717) is 0 Å². The number of fused-ring (bicyclic) bond motifs is 1. The van der Waals surface area contributed by atoms with Crippen molar-refractivity contribution in [3.63, 3.8) is 0 Å². The van der Waals surface area contributed by atoms with Crippen molar-refractivity contribution in [2.75, 3.05) is 13.1 Å². The minimum absolute atomic E-state index is 0.0166. The molecule has 0 aliphatic carbocycles. The second-order valence-electron chi connectivity index (χ2n) is 6.09. The van der Waals surface area contributed by atoms with Crippen molar-refractivity contribution < 1.29 is 9.90 Å². The lowest BCUT2D eigenvalue weighted by molar-refractivity contribution is -0.129. The van der Waals surface area contributed by atoms with Crippen molar-refractivity contribution in [2.24, 2.45) is 11.7 Å². The molecule has 6 nitrogen and oxygen atoms in total. The molecule has 2 aromatic heterocycles. The first-order chi connectivity index (χ1) is 10.5. The molecular weight excluding hydrogens is 280 g/mol. The molecule has 1 amide bonds. The van der Waals surface area contributed by atoms with Gasteiger partial charge in [0.2, 0.25) is 5.91 Å². The summed E-state index contributed by atoms with van der Waals surface area (Å²) in [6, 6.07) is 6.08. The second kappa shape index (κ2) is 6.06. The summed E-state index contributed by atoms with van der Waals surface area (Å²) in [4.78, 5) is 18.0. The van der Waals surface area contributed by atoms with Crippen LogP contribution in [0.25, 0.3) is 5.65 Å². The zero-order chi connectivity index (χ0) is 15.7. The number of pyridine rings is 1. The summed E-state index contributed by atoms with van der Waals surface area (Å²) in [6.07, 6.45) is 2.64. The van der Waals surface area contributed by atoms with Gasteiger partial charge in [-0.05, 0) is 50.9 Å². The molecule has 22 heavy (non-hydrogen) atoms. The molecule has 1 unspecified atom stereocenters. The first kappa shape index (κ1) is 15.0. The van der Waals surface area contributed by atoms with E-state index in [9.17, 15) is 9.90 Å². The van der Waals surface area contributed by atoms with Crippen LogP contribution in [-0.2, 0) is 11.3 Å². The van der Waals surface area contributed by atoms with E-state index in [4.69, 9.17) is 5.73 Å². The van der Waals surface area contributed by atoms with Crippen LogP contribution in [0.15, 0.2) is 24.4 Å². The fraction of sp³-hybridized carbons (Fsp3) is 0.500. The molecule has 1 aliphatic heterocycles. The van der Waals surface area contributed by atoms with Gasteiger partial charge in [-0.2, -0.15) is 0 Å². The second-order valence-corrected chi connectivity index (χ2v) is 6.09. The molecule has 1 aliphatic rings. The molecule has 1 saturated heterocycles. The summed E-state index contributed by atoms with van der Waals surface area (Å²) in [5, 5.41) is 9.74. The SMILES string of the molecule is Cc1cccc2nc(CN3CCC(C(O)C(N)=O)CC3)cn12. The summed E-state index contributed by atoms with van der Waals surface area (Å²) >= 11 is 0. The van der Waals surface area contributed by atoms with E-state index in [-0.39, 0.29) is 5.92 Å². The molecule has 0 radical (unpaired) electrons. The number of amides is 1. The standard InChI is InChI=1S/C16H22N4O2/c1-11-3-2-4-14-18-13(10-20(11)14)9-19-7-5-12(6-8-19)15(21)16(17)22/h2-4,10,12,15,21H,5-9H2,1H3,(H2,17,22). The quantitative estimate of drug-likeness (QED) is 0.871. The number of hydrogen-bond donors (Lipinski definition) is 2. The Morgan fingerprint density at radius 3 is 2.82 bits per heavy atom. The van der Waals surface area contributed by atoms with Gasteiger partial charge >= 0.3 is 0 Å². The fourth-order valence-corrected chi connectivity index (χ4v) is 3.16. The van der Waals surface area contributed by atoms with Gasteiger partial charge in [0.1, 0.15) is 11.8 Å². The third kappa shape index (κ3) is 2.98. The normalized spacial score (nSPS) is 18.6. The third-order valence-corrected chi connectivity index (χ3v) is 4.50. The third-order valence-electron chi connectivity index (χ3n) is 4.50. The largest absolute Gasteiger partial charge is 0.383 e. The van der Waals surface area contributed by atoms with Crippen molar-refractivity contribution in [3.05, 3.63) is 35.8 Å². The average Bonchev–Trinajstić information content (AvgIpc) is 2.91. The van der Waals surface area contributed by atoms with Gasteiger partial charge in [0.15, 0.2) is 0 Å². The summed E-state index contributed by atoms with van der Waals surface area (Å²) < 4.78 is 2.10. The van der Waals surface area contributed by atoms with Gasteiger partial charge in [0, 0.05) is 18.4 Å². The van der Waals surface area contributed by atoms with E-state index in [1.54, 1.807) is 0 Å². The predicted octanol–water partition coefficient (Wildman–Crippen LogP) is 0.701. The van der Waals surface area contributed by atoms with Gasteiger partial charge in [0.25, 0.3) is 0 Å². The van der Waals surface area contributed by atoms with Gasteiger partial charge in [0.05, 0.1) is 5.69 Å². The molecule has 6 heteroatoms. The van der Waals surface area contributed by atoms with Crippen molar-refractivity contribution >= 4 is 11.6 Å². The molecule has 1 atom stereocenters. The summed E-state index contributed by atoms with van der Waals surface area (Å²) in [7, 11) is 0. The number of aromatic nitrogens is 2. The molecule has 3 rings (SSSR count). The van der Waals surface area contributed by atoms with Crippen LogP contribution in [0.4, 0.5) is 0 Å². The Balaban J connectivity index is 1.62. The highest BCUT2D eigenvalue weighted by molar-refractivity contribution is 5.78. The predicted molar refractivity (Wildman–Crippen MR) is 83.1 cm³/mol. The molecular formula is C16H22N4O2. The number of piperidine rings is 1. The van der Waals surface area contributed by atoms with Gasteiger partial charge in [-0.15, -0.1) is 0 Å². The Morgan fingerprint density at radius 1 is 1.45 bits per heavy atom. The molecule has 1 fully saturated rings. The summed E-state index contributed by atoms with van der Waals surface area (Å²) in [5.41, 5.74) is 8.34. The lowest BCUT2D eigenvalue weighted by Gasteiger charge is -2.32. The Labute approximate surface area is 129 Å². The zero-order valence-corrected chi connectivity index (χ0v) is 12.8. The van der Waals surface area contributed by atoms with Crippen LogP contribution in [0, 0.1) is 12.8 Å². The minimum Gasteiger partial charge on any atom is -0.383 e. The van der Waals surface area contributed by atoms with Crippen LogP contribution < -0.4 is 5.73 Å². The van der Waals surface area contributed by atoms with Crippen LogP contribution >= 0.6 is 0 Å². The number of imidazole rings is 1. The van der Waals surface area contributed by atoms with Crippen LogP contribution in [0.1, 0.15) is 24.2 Å². The number of aryl methyl sites for hydroxylation is 1. The summed E-state index contributed by atoms with van der Waals surface area (Å²) in [5.74, 6) is -0.633. The fourth-order valence-electron chi connectivity index (χ4n) is 3.16. The lowest BCUT2D eigenvalue weighted by atomic mass is 9.91. The van der Waals surface area contributed by atoms with E-state index in [0.717, 1.165) is 43.8 Å². The Kier molecular flexibility index (Phi) is 4.13. The maximum Gasteiger partial charge on any atom is 0.246 e. The summed E-state index contributed by atoms with van der Waals surface area (Å²) in [6.45, 7) is 4.55. The highest BCUT2D eigenvalue weighted by atomic mass is 16.3. The van der Waals surface area contributed by atoms with Crippen LogP contribution in [0.2, 0.25) is 0 Å². The molecule has 3 N–H and O–H groups in total. The number of nitrogens with two attached hydrogens (primary N) is 1. The van der Waals surface area contributed by atoms with Crippen LogP contribution in [0.3, 0.4) is 0 Å². The number of likely N-dealkylation sites (tertiary alicyclic amines) is 1. The van der Waals surface area contributed by atoms with Crippen LogP contribution in [0.5, 0.6) is 0 Å². The smallest absolute Gasteiger partial charge is 0.246 e. The Hall–Kier alpha value is -1.92. The van der Waals surface area contributed by atoms with E-state index in [1.165, 1.54) is 5.69 Å². The molecule has 3 heterocycles. The van der Waals surface area contributed by atoms with Gasteiger partial charge in [-0.25, -0.2) is 4.98 Å². The Morgan fingerprint density at radius 2 is 2.18 bits per heavy atom. The van der Waals surface area contributed by atoms with Crippen molar-refractivity contribution in [1.29, 1.82) is 0 Å².